The van der Waals surface area contributed by atoms with Gasteiger partial charge in [0.2, 0.25) is 0 Å². The van der Waals surface area contributed by atoms with Gasteiger partial charge in [0.25, 0.3) is 0 Å². The fourth-order valence-electron chi connectivity index (χ4n) is 2.64. The van der Waals surface area contributed by atoms with E-state index in [0.717, 1.165) is 24.3 Å². The highest BCUT2D eigenvalue weighted by atomic mass is 32.2. The van der Waals surface area contributed by atoms with Crippen LogP contribution in [0.4, 0.5) is 5.82 Å². The van der Waals surface area contributed by atoms with E-state index in [2.05, 4.69) is 35.1 Å². The number of sulfone groups is 1. The summed E-state index contributed by atoms with van der Waals surface area (Å²) in [6, 6.07) is 4.34. The molecular weight excluding hydrogens is 286 g/mol. The zero-order chi connectivity index (χ0) is 15.5. The van der Waals surface area contributed by atoms with E-state index >= 15 is 0 Å². The molecule has 6 heteroatoms. The van der Waals surface area contributed by atoms with Crippen molar-refractivity contribution in [3.05, 3.63) is 23.9 Å². The molecule has 2 unspecified atom stereocenters. The molecule has 1 aromatic heterocycles. The smallest absolute Gasteiger partial charge is 0.154 e. The van der Waals surface area contributed by atoms with Gasteiger partial charge < -0.3 is 10.2 Å². The Morgan fingerprint density at radius 2 is 2.24 bits per heavy atom. The molecule has 5 nitrogen and oxygen atoms in total. The van der Waals surface area contributed by atoms with Crippen molar-refractivity contribution in [3.63, 3.8) is 0 Å². The van der Waals surface area contributed by atoms with Crippen LogP contribution in [-0.4, -0.2) is 44.0 Å². The predicted molar refractivity (Wildman–Crippen MR) is 86.4 cm³/mol. The van der Waals surface area contributed by atoms with Gasteiger partial charge >= 0.3 is 0 Å². The summed E-state index contributed by atoms with van der Waals surface area (Å²) < 4.78 is 23.3. The molecule has 2 rings (SSSR count). The highest BCUT2D eigenvalue weighted by Gasteiger charge is 2.28. The van der Waals surface area contributed by atoms with Gasteiger partial charge in [-0.1, -0.05) is 13.0 Å². The quantitative estimate of drug-likeness (QED) is 0.898. The lowest BCUT2D eigenvalue weighted by molar-refractivity contribution is 0.564. The number of nitrogens with one attached hydrogen (secondary N) is 1. The SMILES string of the molecule is CCCNC(C)c1ccc(N2CCS(=O)(=O)CC2C)nc1. The molecule has 1 aliphatic rings. The van der Waals surface area contributed by atoms with Gasteiger partial charge in [-0.15, -0.1) is 0 Å². The van der Waals surface area contributed by atoms with E-state index < -0.39 is 9.84 Å². The first-order valence-corrected chi connectivity index (χ1v) is 9.41. The Hall–Kier alpha value is -1.14. The van der Waals surface area contributed by atoms with Gasteiger partial charge in [0.05, 0.1) is 11.5 Å². The number of pyridine rings is 1. The highest BCUT2D eigenvalue weighted by Crippen LogP contribution is 2.21. The largest absolute Gasteiger partial charge is 0.352 e. The van der Waals surface area contributed by atoms with Gasteiger partial charge in [-0.3, -0.25) is 0 Å². The molecule has 1 aromatic rings. The van der Waals surface area contributed by atoms with Gasteiger partial charge in [-0.05, 0) is 38.4 Å². The van der Waals surface area contributed by atoms with E-state index in [1.54, 1.807) is 0 Å². The summed E-state index contributed by atoms with van der Waals surface area (Å²) in [6.07, 6.45) is 2.99. The van der Waals surface area contributed by atoms with Crippen LogP contribution in [-0.2, 0) is 9.84 Å². The summed E-state index contributed by atoms with van der Waals surface area (Å²) in [4.78, 5) is 6.60. The Kier molecular flexibility index (Phi) is 5.22. The highest BCUT2D eigenvalue weighted by molar-refractivity contribution is 7.91. The summed E-state index contributed by atoms with van der Waals surface area (Å²) in [6.45, 7) is 7.73. The number of aromatic nitrogens is 1. The topological polar surface area (TPSA) is 62.3 Å². The minimum absolute atomic E-state index is 0.0160. The molecule has 1 saturated heterocycles. The number of anilines is 1. The molecule has 0 saturated carbocycles. The lowest BCUT2D eigenvalue weighted by Gasteiger charge is -2.34. The first-order valence-electron chi connectivity index (χ1n) is 7.59. The zero-order valence-corrected chi connectivity index (χ0v) is 13.9. The van der Waals surface area contributed by atoms with Crippen LogP contribution in [0.3, 0.4) is 0 Å². The third-order valence-electron chi connectivity index (χ3n) is 3.94. The van der Waals surface area contributed by atoms with Gasteiger partial charge in [-0.2, -0.15) is 0 Å². The molecule has 0 bridgehead atoms. The van der Waals surface area contributed by atoms with Crippen LogP contribution in [0.1, 0.15) is 38.8 Å². The minimum atomic E-state index is -2.88. The number of hydrogen-bond donors (Lipinski definition) is 1. The maximum absolute atomic E-state index is 11.6. The van der Waals surface area contributed by atoms with Gasteiger partial charge in [0.15, 0.2) is 9.84 Å². The van der Waals surface area contributed by atoms with E-state index in [9.17, 15) is 8.42 Å². The van der Waals surface area contributed by atoms with Crippen LogP contribution in [0.25, 0.3) is 0 Å². The molecule has 21 heavy (non-hydrogen) atoms. The number of hydrogen-bond acceptors (Lipinski definition) is 5. The zero-order valence-electron chi connectivity index (χ0n) is 13.0. The molecule has 1 N–H and O–H groups in total. The third-order valence-corrected chi connectivity index (χ3v) is 5.73. The Balaban J connectivity index is 2.05. The van der Waals surface area contributed by atoms with Gasteiger partial charge in [0.1, 0.15) is 5.82 Å². The first-order chi connectivity index (χ1) is 9.93. The number of nitrogens with zero attached hydrogens (tertiary/aromatic N) is 2. The van der Waals surface area contributed by atoms with E-state index in [0.29, 0.717) is 6.54 Å². The Morgan fingerprint density at radius 1 is 1.48 bits per heavy atom. The third kappa shape index (κ3) is 4.17. The van der Waals surface area contributed by atoms with Crippen molar-refractivity contribution in [2.75, 3.05) is 29.5 Å². The van der Waals surface area contributed by atoms with Crippen LogP contribution < -0.4 is 10.2 Å². The average molecular weight is 311 g/mol. The monoisotopic (exact) mass is 311 g/mol. The Bertz CT molecular complexity index is 557. The molecule has 0 aliphatic carbocycles. The molecule has 1 aliphatic heterocycles. The first kappa shape index (κ1) is 16.2. The Labute approximate surface area is 127 Å². The maximum Gasteiger partial charge on any atom is 0.154 e. The van der Waals surface area contributed by atoms with Crippen molar-refractivity contribution < 1.29 is 8.42 Å². The molecule has 0 spiro atoms. The second-order valence-electron chi connectivity index (χ2n) is 5.78. The van der Waals surface area contributed by atoms with Crippen molar-refractivity contribution >= 4 is 15.7 Å². The van der Waals surface area contributed by atoms with Crippen molar-refractivity contribution in [3.8, 4) is 0 Å². The molecule has 0 radical (unpaired) electrons. The van der Waals surface area contributed by atoms with Crippen LogP contribution in [0.2, 0.25) is 0 Å². The summed E-state index contributed by atoms with van der Waals surface area (Å²) in [5.41, 5.74) is 1.16. The van der Waals surface area contributed by atoms with Crippen LogP contribution >= 0.6 is 0 Å². The van der Waals surface area contributed by atoms with Crippen LogP contribution in [0.15, 0.2) is 18.3 Å². The fraction of sp³-hybridized carbons (Fsp3) is 0.667. The average Bonchev–Trinajstić information content (AvgIpc) is 2.44. The normalized spacial score (nSPS) is 23.0. The molecule has 2 heterocycles. The molecule has 1 fully saturated rings. The summed E-state index contributed by atoms with van der Waals surface area (Å²) >= 11 is 0. The summed E-state index contributed by atoms with van der Waals surface area (Å²) in [5, 5.41) is 3.43. The number of rotatable bonds is 5. The molecule has 2 atom stereocenters. The molecule has 118 valence electrons. The second kappa shape index (κ2) is 6.75. The van der Waals surface area contributed by atoms with Crippen molar-refractivity contribution in [1.82, 2.24) is 10.3 Å². The molecule has 0 amide bonds. The van der Waals surface area contributed by atoms with E-state index in [1.807, 2.05) is 19.2 Å². The summed E-state index contributed by atoms with van der Waals surface area (Å²) in [5.74, 6) is 1.30. The lowest BCUT2D eigenvalue weighted by Crippen LogP contribution is -2.47. The van der Waals surface area contributed by atoms with E-state index in [4.69, 9.17) is 0 Å². The standard InChI is InChI=1S/C15H25N3O2S/c1-4-7-16-13(3)14-5-6-15(17-10-14)18-8-9-21(19,20)11-12(18)2/h5-6,10,12-13,16H,4,7-9,11H2,1-3H3. The molecule has 0 aromatic carbocycles. The second-order valence-corrected chi connectivity index (χ2v) is 8.01. The molecular formula is C15H25N3O2S. The van der Waals surface area contributed by atoms with E-state index in [-0.39, 0.29) is 23.6 Å². The Morgan fingerprint density at radius 3 is 2.81 bits per heavy atom. The van der Waals surface area contributed by atoms with Crippen molar-refractivity contribution in [2.45, 2.75) is 39.3 Å². The van der Waals surface area contributed by atoms with Gasteiger partial charge in [-0.25, -0.2) is 13.4 Å². The lowest BCUT2D eigenvalue weighted by atomic mass is 10.1. The predicted octanol–water partition coefficient (Wildman–Crippen LogP) is 1.77. The van der Waals surface area contributed by atoms with Crippen molar-refractivity contribution in [1.29, 1.82) is 0 Å². The van der Waals surface area contributed by atoms with Crippen LogP contribution in [0, 0.1) is 0 Å². The van der Waals surface area contributed by atoms with E-state index in [1.165, 1.54) is 0 Å². The van der Waals surface area contributed by atoms with Crippen LogP contribution in [0.5, 0.6) is 0 Å². The maximum atomic E-state index is 11.6. The fourth-order valence-corrected chi connectivity index (χ4v) is 4.20. The van der Waals surface area contributed by atoms with Gasteiger partial charge in [0, 0.05) is 24.8 Å². The minimum Gasteiger partial charge on any atom is -0.352 e. The summed E-state index contributed by atoms with van der Waals surface area (Å²) in [7, 11) is -2.88. The van der Waals surface area contributed by atoms with Crippen molar-refractivity contribution in [2.24, 2.45) is 0 Å².